The van der Waals surface area contributed by atoms with Crippen LogP contribution in [-0.2, 0) is 14.8 Å². The smallest absolute Gasteiger partial charge is 0.241 e. The Bertz CT molecular complexity index is 751. The minimum absolute atomic E-state index is 0.235. The first-order chi connectivity index (χ1) is 11.6. The molecule has 24 heavy (non-hydrogen) atoms. The summed E-state index contributed by atoms with van der Waals surface area (Å²) in [5.74, 6) is 0.237. The number of rotatable bonds is 5. The summed E-state index contributed by atoms with van der Waals surface area (Å²) in [5.41, 5.74) is 2.04. The van der Waals surface area contributed by atoms with Gasteiger partial charge in [0.15, 0.2) is 0 Å². The first kappa shape index (κ1) is 17.1. The third-order valence-corrected chi connectivity index (χ3v) is 5.97. The van der Waals surface area contributed by atoms with Gasteiger partial charge in [0.05, 0.1) is 4.90 Å². The normalized spacial score (nSPS) is 17.5. The van der Waals surface area contributed by atoms with E-state index in [4.69, 9.17) is 4.74 Å². The lowest BCUT2D eigenvalue weighted by Gasteiger charge is -2.31. The van der Waals surface area contributed by atoms with Crippen molar-refractivity contribution in [1.29, 1.82) is 0 Å². The van der Waals surface area contributed by atoms with Gasteiger partial charge in [0.1, 0.15) is 0 Å². The summed E-state index contributed by atoms with van der Waals surface area (Å²) in [4.78, 5) is 0.307. The van der Waals surface area contributed by atoms with E-state index in [2.05, 4.69) is 4.72 Å². The average Bonchev–Trinajstić information content (AvgIpc) is 2.62. The molecule has 1 aliphatic rings. The first-order valence-electron chi connectivity index (χ1n) is 8.28. The Morgan fingerprint density at radius 3 is 2.25 bits per heavy atom. The molecule has 1 fully saturated rings. The highest BCUT2D eigenvalue weighted by Crippen LogP contribution is 2.31. The summed E-state index contributed by atoms with van der Waals surface area (Å²) in [5, 5.41) is 0. The number of hydrogen-bond donors (Lipinski definition) is 1. The molecule has 2 aromatic rings. The Balaban J connectivity index is 1.89. The number of nitrogens with one attached hydrogen (secondary N) is 1. The second kappa shape index (κ2) is 7.47. The molecular weight excluding hydrogens is 322 g/mol. The van der Waals surface area contributed by atoms with E-state index < -0.39 is 10.0 Å². The van der Waals surface area contributed by atoms with Crippen LogP contribution >= 0.6 is 0 Å². The molecule has 0 spiro atoms. The molecule has 1 atom stereocenters. The van der Waals surface area contributed by atoms with Crippen LogP contribution in [0.2, 0.25) is 0 Å². The fourth-order valence-electron chi connectivity index (χ4n) is 3.10. The lowest BCUT2D eigenvalue weighted by Crippen LogP contribution is -2.36. The van der Waals surface area contributed by atoms with Crippen LogP contribution in [0.5, 0.6) is 0 Å². The van der Waals surface area contributed by atoms with Crippen LogP contribution in [0.1, 0.15) is 30.0 Å². The van der Waals surface area contributed by atoms with Gasteiger partial charge in [-0.2, -0.15) is 0 Å². The number of ether oxygens (including phenoxy) is 1. The molecular formula is C19H23NO3S. The molecule has 0 saturated carbocycles. The van der Waals surface area contributed by atoms with Gasteiger partial charge in [0, 0.05) is 19.3 Å². The van der Waals surface area contributed by atoms with Crippen molar-refractivity contribution < 1.29 is 13.2 Å². The van der Waals surface area contributed by atoms with Gasteiger partial charge in [-0.25, -0.2) is 13.1 Å². The maximum absolute atomic E-state index is 12.8. The van der Waals surface area contributed by atoms with E-state index in [1.807, 2.05) is 49.4 Å². The van der Waals surface area contributed by atoms with Crippen molar-refractivity contribution in [2.75, 3.05) is 13.2 Å². The van der Waals surface area contributed by atoms with Crippen LogP contribution in [0.15, 0.2) is 59.5 Å². The van der Waals surface area contributed by atoms with E-state index in [-0.39, 0.29) is 12.0 Å². The topological polar surface area (TPSA) is 55.4 Å². The van der Waals surface area contributed by atoms with Crippen molar-refractivity contribution in [3.8, 4) is 0 Å². The zero-order chi connectivity index (χ0) is 17.0. The van der Waals surface area contributed by atoms with E-state index in [1.165, 1.54) is 0 Å². The lowest BCUT2D eigenvalue weighted by atomic mass is 9.88. The Labute approximate surface area is 143 Å². The summed E-state index contributed by atoms with van der Waals surface area (Å²) in [6, 6.07) is 16.5. The molecule has 1 aliphatic heterocycles. The lowest BCUT2D eigenvalue weighted by molar-refractivity contribution is 0.0564. The molecule has 1 unspecified atom stereocenters. The minimum atomic E-state index is -3.56. The fraction of sp³-hybridized carbons (Fsp3) is 0.368. The number of sulfonamides is 1. The Hall–Kier alpha value is -1.69. The zero-order valence-electron chi connectivity index (χ0n) is 13.8. The maximum atomic E-state index is 12.8. The van der Waals surface area contributed by atoms with E-state index in [0.29, 0.717) is 18.1 Å². The van der Waals surface area contributed by atoms with Gasteiger partial charge >= 0.3 is 0 Å². The molecule has 0 aliphatic carbocycles. The van der Waals surface area contributed by atoms with Gasteiger partial charge in [-0.1, -0.05) is 48.0 Å². The predicted octanol–water partition coefficient (Wildman–Crippen LogP) is 3.44. The van der Waals surface area contributed by atoms with Gasteiger partial charge in [-0.3, -0.25) is 0 Å². The zero-order valence-corrected chi connectivity index (χ0v) is 14.6. The van der Waals surface area contributed by atoms with E-state index >= 15 is 0 Å². The average molecular weight is 345 g/mol. The molecule has 2 aromatic carbocycles. The van der Waals surface area contributed by atoms with Gasteiger partial charge in [-0.05, 0) is 43.4 Å². The number of aryl methyl sites for hydroxylation is 1. The summed E-state index contributed by atoms with van der Waals surface area (Å²) < 4.78 is 34.0. The van der Waals surface area contributed by atoms with Gasteiger partial charge < -0.3 is 4.74 Å². The van der Waals surface area contributed by atoms with E-state index in [9.17, 15) is 8.42 Å². The van der Waals surface area contributed by atoms with Crippen molar-refractivity contribution in [1.82, 2.24) is 4.72 Å². The van der Waals surface area contributed by atoms with Crippen molar-refractivity contribution in [3.63, 3.8) is 0 Å². The standard InChI is InChI=1S/C19H23NO3S/c1-15-7-9-18(10-8-15)24(21,22)20-19(16-5-3-2-4-6-16)17-11-13-23-14-12-17/h2-10,17,19-20H,11-14H2,1H3. The minimum Gasteiger partial charge on any atom is -0.381 e. The second-order valence-electron chi connectivity index (χ2n) is 6.27. The highest BCUT2D eigenvalue weighted by Gasteiger charge is 2.29. The van der Waals surface area contributed by atoms with Crippen LogP contribution in [0.25, 0.3) is 0 Å². The van der Waals surface area contributed by atoms with Crippen LogP contribution < -0.4 is 4.72 Å². The van der Waals surface area contributed by atoms with Crippen molar-refractivity contribution >= 4 is 10.0 Å². The molecule has 1 N–H and O–H groups in total. The Kier molecular flexibility index (Phi) is 5.33. The maximum Gasteiger partial charge on any atom is 0.241 e. The largest absolute Gasteiger partial charge is 0.381 e. The molecule has 0 amide bonds. The molecule has 0 bridgehead atoms. The SMILES string of the molecule is Cc1ccc(S(=O)(=O)NC(c2ccccc2)C2CCOCC2)cc1. The van der Waals surface area contributed by atoms with E-state index in [1.54, 1.807) is 12.1 Å². The summed E-state index contributed by atoms with van der Waals surface area (Å²) in [6.07, 6.45) is 1.71. The predicted molar refractivity (Wildman–Crippen MR) is 94.2 cm³/mol. The molecule has 1 saturated heterocycles. The second-order valence-corrected chi connectivity index (χ2v) is 7.99. The summed E-state index contributed by atoms with van der Waals surface area (Å²) in [7, 11) is -3.56. The van der Waals surface area contributed by atoms with Crippen molar-refractivity contribution in [2.45, 2.75) is 30.7 Å². The monoisotopic (exact) mass is 345 g/mol. The number of hydrogen-bond acceptors (Lipinski definition) is 3. The van der Waals surface area contributed by atoms with Crippen LogP contribution in [0, 0.1) is 12.8 Å². The van der Waals surface area contributed by atoms with Crippen molar-refractivity contribution in [3.05, 3.63) is 65.7 Å². The summed E-state index contributed by atoms with van der Waals surface area (Å²) >= 11 is 0. The molecule has 4 nitrogen and oxygen atoms in total. The highest BCUT2D eigenvalue weighted by molar-refractivity contribution is 7.89. The molecule has 128 valence electrons. The summed E-state index contributed by atoms with van der Waals surface area (Å²) in [6.45, 7) is 3.30. The van der Waals surface area contributed by atoms with Crippen LogP contribution in [-0.4, -0.2) is 21.6 Å². The van der Waals surface area contributed by atoms with E-state index in [0.717, 1.165) is 24.0 Å². The van der Waals surface area contributed by atoms with Crippen LogP contribution in [0.4, 0.5) is 0 Å². The quantitative estimate of drug-likeness (QED) is 0.903. The Morgan fingerprint density at radius 2 is 1.62 bits per heavy atom. The molecule has 3 rings (SSSR count). The Morgan fingerprint density at radius 1 is 1.00 bits per heavy atom. The molecule has 1 heterocycles. The van der Waals surface area contributed by atoms with Gasteiger partial charge in [0.2, 0.25) is 10.0 Å². The highest BCUT2D eigenvalue weighted by atomic mass is 32.2. The molecule has 5 heteroatoms. The van der Waals surface area contributed by atoms with Crippen LogP contribution in [0.3, 0.4) is 0 Å². The molecule has 0 radical (unpaired) electrons. The fourth-order valence-corrected chi connectivity index (χ4v) is 4.39. The third kappa shape index (κ3) is 4.04. The number of benzene rings is 2. The van der Waals surface area contributed by atoms with Crippen molar-refractivity contribution in [2.24, 2.45) is 5.92 Å². The third-order valence-electron chi connectivity index (χ3n) is 4.51. The van der Waals surface area contributed by atoms with Gasteiger partial charge in [0.25, 0.3) is 0 Å². The van der Waals surface area contributed by atoms with Gasteiger partial charge in [-0.15, -0.1) is 0 Å². The first-order valence-corrected chi connectivity index (χ1v) is 9.76. The molecule has 0 aromatic heterocycles.